The van der Waals surface area contributed by atoms with Gasteiger partial charge >= 0.3 is 6.09 Å². The Balaban J connectivity index is 1.56. The van der Waals surface area contributed by atoms with E-state index in [9.17, 15) is 9.59 Å². The first kappa shape index (κ1) is 24.9. The van der Waals surface area contributed by atoms with Gasteiger partial charge in [0.15, 0.2) is 0 Å². The van der Waals surface area contributed by atoms with Crippen LogP contribution in [0.2, 0.25) is 0 Å². The molecule has 2 aromatic rings. The molecule has 0 saturated carbocycles. The summed E-state index contributed by atoms with van der Waals surface area (Å²) in [6, 6.07) is 12.7. The Kier molecular flexibility index (Phi) is 7.55. The van der Waals surface area contributed by atoms with E-state index in [0.29, 0.717) is 39.2 Å². The Morgan fingerprint density at radius 3 is 2.29 bits per heavy atom. The second-order valence-corrected chi connectivity index (χ2v) is 9.65. The van der Waals surface area contributed by atoms with Crippen molar-refractivity contribution in [2.75, 3.05) is 39.3 Å². The van der Waals surface area contributed by atoms with Crippen LogP contribution in [0.15, 0.2) is 41.5 Å². The summed E-state index contributed by atoms with van der Waals surface area (Å²) in [4.78, 5) is 29.4. The molecule has 1 atom stereocenters. The summed E-state index contributed by atoms with van der Waals surface area (Å²) in [5.41, 5.74) is 7.90. The molecule has 7 heteroatoms. The molecule has 7 nitrogen and oxygen atoms in total. The number of hydrogen-bond donors (Lipinski definition) is 0. The maximum atomic E-state index is 13.6. The normalized spacial score (nSPS) is 18.5. The molecule has 1 fully saturated rings. The number of amides is 2. The van der Waals surface area contributed by atoms with E-state index in [1.165, 1.54) is 22.3 Å². The van der Waals surface area contributed by atoms with Crippen LogP contribution in [-0.4, -0.2) is 71.9 Å². The average Bonchev–Trinajstić information content (AvgIpc) is 3.28. The van der Waals surface area contributed by atoms with Crippen molar-refractivity contribution in [2.24, 2.45) is 5.10 Å². The molecule has 0 aromatic heterocycles. The maximum absolute atomic E-state index is 13.6. The fraction of sp³-hybridized carbons (Fsp3) is 0.464. The number of hydrazone groups is 1. The van der Waals surface area contributed by atoms with Gasteiger partial charge in [0.2, 0.25) is 0 Å². The van der Waals surface area contributed by atoms with Crippen LogP contribution in [0.4, 0.5) is 4.79 Å². The standard InChI is InChI=1S/C28H36N4O3/c1-6-35-28(34)31-13-11-30(12-14-31)18-27(33)32-26(24-16-20(3)8-10-22(24)5)17-25(29-32)23-15-19(2)7-9-21(23)4/h7-10,15-16,26H,6,11-14,17-18H2,1-5H3. The molecule has 0 spiro atoms. The maximum Gasteiger partial charge on any atom is 0.409 e. The molecule has 1 saturated heterocycles. The van der Waals surface area contributed by atoms with E-state index in [-0.39, 0.29) is 24.6 Å². The molecule has 0 bridgehead atoms. The Morgan fingerprint density at radius 1 is 0.943 bits per heavy atom. The van der Waals surface area contributed by atoms with Crippen molar-refractivity contribution in [2.45, 2.75) is 47.1 Å². The molecular formula is C28H36N4O3. The van der Waals surface area contributed by atoms with Gasteiger partial charge < -0.3 is 9.64 Å². The zero-order valence-electron chi connectivity index (χ0n) is 21.5. The molecule has 4 rings (SSSR count). The van der Waals surface area contributed by atoms with Crippen LogP contribution in [0.1, 0.15) is 52.8 Å². The van der Waals surface area contributed by atoms with Crippen LogP contribution in [0, 0.1) is 27.7 Å². The highest BCUT2D eigenvalue weighted by Crippen LogP contribution is 2.35. The second-order valence-electron chi connectivity index (χ2n) is 9.65. The minimum atomic E-state index is -0.282. The van der Waals surface area contributed by atoms with Gasteiger partial charge in [-0.05, 0) is 57.4 Å². The number of aryl methyl sites for hydroxylation is 4. The van der Waals surface area contributed by atoms with E-state index in [0.717, 1.165) is 16.8 Å². The largest absolute Gasteiger partial charge is 0.450 e. The van der Waals surface area contributed by atoms with Crippen LogP contribution < -0.4 is 0 Å². The van der Waals surface area contributed by atoms with E-state index in [2.05, 4.69) is 69.0 Å². The monoisotopic (exact) mass is 476 g/mol. The number of ether oxygens (including phenoxy) is 1. The number of benzene rings is 2. The minimum absolute atomic E-state index is 0.0132. The summed E-state index contributed by atoms with van der Waals surface area (Å²) < 4.78 is 5.11. The van der Waals surface area contributed by atoms with Crippen LogP contribution in [-0.2, 0) is 9.53 Å². The summed E-state index contributed by atoms with van der Waals surface area (Å²) in [5.74, 6) is -0.0132. The van der Waals surface area contributed by atoms with Crippen molar-refractivity contribution in [1.82, 2.24) is 14.8 Å². The quantitative estimate of drug-likeness (QED) is 0.643. The van der Waals surface area contributed by atoms with Crippen molar-refractivity contribution in [3.05, 3.63) is 69.8 Å². The molecule has 0 N–H and O–H groups in total. The minimum Gasteiger partial charge on any atom is -0.450 e. The summed E-state index contributed by atoms with van der Waals surface area (Å²) in [5, 5.41) is 6.62. The topological polar surface area (TPSA) is 65.5 Å². The fourth-order valence-electron chi connectivity index (χ4n) is 4.88. The van der Waals surface area contributed by atoms with Gasteiger partial charge in [0, 0.05) is 38.2 Å². The highest BCUT2D eigenvalue weighted by molar-refractivity contribution is 6.04. The van der Waals surface area contributed by atoms with Gasteiger partial charge in [-0.25, -0.2) is 9.80 Å². The molecule has 2 aliphatic heterocycles. The summed E-state index contributed by atoms with van der Waals surface area (Å²) in [7, 11) is 0. The van der Waals surface area contributed by atoms with Crippen molar-refractivity contribution >= 4 is 17.7 Å². The third-order valence-electron chi connectivity index (χ3n) is 6.92. The number of piperazine rings is 1. The molecule has 2 amide bonds. The summed E-state index contributed by atoms with van der Waals surface area (Å²) in [6.07, 6.45) is 0.410. The number of carbonyl (C=O) groups is 2. The van der Waals surface area contributed by atoms with E-state index < -0.39 is 0 Å². The lowest BCUT2D eigenvalue weighted by Gasteiger charge is -2.34. The predicted octanol–water partition coefficient (Wildman–Crippen LogP) is 4.37. The van der Waals surface area contributed by atoms with Crippen molar-refractivity contribution in [3.8, 4) is 0 Å². The number of hydrogen-bond acceptors (Lipinski definition) is 5. The Bertz CT molecular complexity index is 1140. The zero-order valence-corrected chi connectivity index (χ0v) is 21.5. The number of nitrogens with zero attached hydrogens (tertiary/aromatic N) is 4. The Morgan fingerprint density at radius 2 is 1.60 bits per heavy atom. The SMILES string of the molecule is CCOC(=O)N1CCN(CC(=O)N2N=C(c3cc(C)ccc3C)CC2c2cc(C)ccc2C)CC1. The van der Waals surface area contributed by atoms with E-state index in [1.54, 1.807) is 9.91 Å². The Labute approximate surface area is 208 Å². The van der Waals surface area contributed by atoms with Gasteiger partial charge in [-0.15, -0.1) is 0 Å². The molecule has 1 unspecified atom stereocenters. The third kappa shape index (κ3) is 5.56. The third-order valence-corrected chi connectivity index (χ3v) is 6.92. The van der Waals surface area contributed by atoms with Gasteiger partial charge in [-0.1, -0.05) is 41.5 Å². The molecule has 0 aliphatic carbocycles. The van der Waals surface area contributed by atoms with Crippen LogP contribution in [0.3, 0.4) is 0 Å². The lowest BCUT2D eigenvalue weighted by Crippen LogP contribution is -2.51. The van der Waals surface area contributed by atoms with Crippen LogP contribution in [0.5, 0.6) is 0 Å². The highest BCUT2D eigenvalue weighted by atomic mass is 16.6. The molecule has 2 aliphatic rings. The van der Waals surface area contributed by atoms with E-state index in [1.807, 2.05) is 6.92 Å². The lowest BCUT2D eigenvalue weighted by molar-refractivity contribution is -0.134. The van der Waals surface area contributed by atoms with Gasteiger partial charge in [-0.2, -0.15) is 5.10 Å². The average molecular weight is 477 g/mol. The predicted molar refractivity (Wildman–Crippen MR) is 138 cm³/mol. The fourth-order valence-corrected chi connectivity index (χ4v) is 4.88. The first-order valence-corrected chi connectivity index (χ1v) is 12.4. The number of carbonyl (C=O) groups excluding carboxylic acids is 2. The zero-order chi connectivity index (χ0) is 25.1. The van der Waals surface area contributed by atoms with Crippen molar-refractivity contribution < 1.29 is 14.3 Å². The van der Waals surface area contributed by atoms with Crippen LogP contribution >= 0.6 is 0 Å². The molecule has 186 valence electrons. The summed E-state index contributed by atoms with van der Waals surface area (Å²) >= 11 is 0. The summed E-state index contributed by atoms with van der Waals surface area (Å²) in [6.45, 7) is 13.2. The first-order chi connectivity index (χ1) is 16.8. The molecule has 35 heavy (non-hydrogen) atoms. The molecule has 0 radical (unpaired) electrons. The van der Waals surface area contributed by atoms with Crippen LogP contribution in [0.25, 0.3) is 0 Å². The van der Waals surface area contributed by atoms with Gasteiger partial charge in [0.1, 0.15) is 0 Å². The lowest BCUT2D eigenvalue weighted by atomic mass is 9.92. The van der Waals surface area contributed by atoms with Crippen molar-refractivity contribution in [3.63, 3.8) is 0 Å². The first-order valence-electron chi connectivity index (χ1n) is 12.4. The molecule has 2 aromatic carbocycles. The molecular weight excluding hydrogens is 440 g/mol. The van der Waals surface area contributed by atoms with Gasteiger partial charge in [0.25, 0.3) is 5.91 Å². The van der Waals surface area contributed by atoms with Gasteiger partial charge in [-0.3, -0.25) is 9.69 Å². The number of rotatable bonds is 5. The van der Waals surface area contributed by atoms with Gasteiger partial charge in [0.05, 0.1) is 24.9 Å². The smallest absolute Gasteiger partial charge is 0.409 e. The highest BCUT2D eigenvalue weighted by Gasteiger charge is 2.35. The Hall–Kier alpha value is -3.19. The molecule has 2 heterocycles. The van der Waals surface area contributed by atoms with E-state index in [4.69, 9.17) is 9.84 Å². The second kappa shape index (κ2) is 10.6. The van der Waals surface area contributed by atoms with Crippen molar-refractivity contribution in [1.29, 1.82) is 0 Å². The van der Waals surface area contributed by atoms with E-state index >= 15 is 0 Å².